The van der Waals surface area contributed by atoms with Crippen molar-refractivity contribution in [1.29, 1.82) is 0 Å². The van der Waals surface area contributed by atoms with Crippen molar-refractivity contribution in [1.82, 2.24) is 0 Å². The second kappa shape index (κ2) is 5.49. The topological polar surface area (TPSA) is 52.0 Å². The normalized spacial score (nSPS) is 16.9. The number of alkyl halides is 1. The summed E-state index contributed by atoms with van der Waals surface area (Å²) < 4.78 is 12.6. The Morgan fingerprint density at radius 1 is 1.27 bits per heavy atom. The lowest BCUT2D eigenvalue weighted by molar-refractivity contribution is 0.289. The van der Waals surface area contributed by atoms with Crippen LogP contribution in [0.4, 0.5) is 4.39 Å². The third-order valence-electron chi connectivity index (χ3n) is 1.59. The van der Waals surface area contributed by atoms with Crippen LogP contribution < -0.4 is 11.5 Å². The fraction of sp³-hybridized carbons (Fsp3) is 1.00. The Hall–Kier alpha value is -0.150. The summed E-state index contributed by atoms with van der Waals surface area (Å²) >= 11 is 0. The van der Waals surface area contributed by atoms with Crippen molar-refractivity contribution in [3.8, 4) is 0 Å². The molecule has 0 saturated heterocycles. The summed E-state index contributed by atoms with van der Waals surface area (Å²) in [4.78, 5) is 0. The van der Waals surface area contributed by atoms with Gasteiger partial charge in [0.05, 0.1) is 0 Å². The van der Waals surface area contributed by atoms with E-state index in [0.717, 1.165) is 6.42 Å². The van der Waals surface area contributed by atoms with Crippen molar-refractivity contribution in [2.75, 3.05) is 6.54 Å². The molecule has 0 radical (unpaired) electrons. The van der Waals surface area contributed by atoms with Crippen molar-refractivity contribution in [2.45, 2.75) is 38.9 Å². The van der Waals surface area contributed by atoms with Gasteiger partial charge >= 0.3 is 0 Å². The van der Waals surface area contributed by atoms with Crippen molar-refractivity contribution in [3.05, 3.63) is 0 Å². The molecule has 0 aromatic carbocycles. The lowest BCUT2D eigenvalue weighted by atomic mass is 10.00. The highest BCUT2D eigenvalue weighted by atomic mass is 19.1. The van der Waals surface area contributed by atoms with E-state index < -0.39 is 6.17 Å². The summed E-state index contributed by atoms with van der Waals surface area (Å²) in [6.07, 6.45) is 0.346. The van der Waals surface area contributed by atoms with E-state index in [4.69, 9.17) is 11.5 Å². The summed E-state index contributed by atoms with van der Waals surface area (Å²) in [5, 5.41) is 0. The van der Waals surface area contributed by atoms with Gasteiger partial charge in [-0.1, -0.05) is 13.8 Å². The van der Waals surface area contributed by atoms with E-state index >= 15 is 0 Å². The maximum Gasteiger partial charge on any atom is 0.114 e. The minimum Gasteiger partial charge on any atom is -0.328 e. The highest BCUT2D eigenvalue weighted by molar-refractivity contribution is 4.69. The highest BCUT2D eigenvalue weighted by Crippen LogP contribution is 2.08. The third-order valence-corrected chi connectivity index (χ3v) is 1.59. The quantitative estimate of drug-likeness (QED) is 0.634. The van der Waals surface area contributed by atoms with Gasteiger partial charge in [-0.25, -0.2) is 4.39 Å². The molecule has 2 nitrogen and oxygen atoms in total. The number of hydrogen-bond acceptors (Lipinski definition) is 2. The van der Waals surface area contributed by atoms with Crippen LogP contribution in [-0.4, -0.2) is 18.8 Å². The fourth-order valence-corrected chi connectivity index (χ4v) is 1.13. The van der Waals surface area contributed by atoms with Gasteiger partial charge < -0.3 is 11.5 Å². The van der Waals surface area contributed by atoms with Crippen LogP contribution in [-0.2, 0) is 0 Å². The second-order valence-corrected chi connectivity index (χ2v) is 3.46. The SMILES string of the molecule is CC(C)C[C@H](N)C[C@H](F)CN. The van der Waals surface area contributed by atoms with E-state index in [1.54, 1.807) is 0 Å². The highest BCUT2D eigenvalue weighted by Gasteiger charge is 2.11. The van der Waals surface area contributed by atoms with Crippen molar-refractivity contribution in [3.63, 3.8) is 0 Å². The van der Waals surface area contributed by atoms with Crippen LogP contribution in [0.1, 0.15) is 26.7 Å². The molecule has 0 rings (SSSR count). The summed E-state index contributed by atoms with van der Waals surface area (Å²) in [5.41, 5.74) is 10.8. The van der Waals surface area contributed by atoms with Crippen molar-refractivity contribution < 1.29 is 4.39 Å². The molecule has 0 spiro atoms. The standard InChI is InChI=1S/C8H19FN2/c1-6(2)3-8(11)4-7(9)5-10/h6-8H,3-5,10-11H2,1-2H3/t7-,8-/m0/s1. The molecule has 0 aromatic rings. The van der Waals surface area contributed by atoms with Gasteiger partial charge in [0.25, 0.3) is 0 Å². The smallest absolute Gasteiger partial charge is 0.114 e. The van der Waals surface area contributed by atoms with Gasteiger partial charge in [-0.2, -0.15) is 0 Å². The number of hydrogen-bond donors (Lipinski definition) is 2. The summed E-state index contributed by atoms with van der Waals surface area (Å²) in [6.45, 7) is 4.25. The molecule has 11 heavy (non-hydrogen) atoms. The third kappa shape index (κ3) is 6.26. The molecule has 0 aliphatic rings. The van der Waals surface area contributed by atoms with E-state index in [1.807, 2.05) is 0 Å². The first-order valence-electron chi connectivity index (χ1n) is 4.16. The van der Waals surface area contributed by atoms with Crippen LogP contribution in [0.15, 0.2) is 0 Å². The van der Waals surface area contributed by atoms with Crippen LogP contribution in [0.5, 0.6) is 0 Å². The Bertz CT molecular complexity index is 96.1. The maximum atomic E-state index is 12.6. The zero-order valence-electron chi connectivity index (χ0n) is 7.39. The number of halogens is 1. The van der Waals surface area contributed by atoms with Crippen LogP contribution >= 0.6 is 0 Å². The first-order chi connectivity index (χ1) is 5.06. The van der Waals surface area contributed by atoms with Gasteiger partial charge in [-0.05, 0) is 18.8 Å². The molecule has 0 heterocycles. The van der Waals surface area contributed by atoms with Gasteiger partial charge in [0, 0.05) is 12.6 Å². The predicted octanol–water partition coefficient (Wildman–Crippen LogP) is 1.05. The molecule has 3 heteroatoms. The van der Waals surface area contributed by atoms with Crippen LogP contribution in [0.3, 0.4) is 0 Å². The first kappa shape index (κ1) is 10.8. The lowest BCUT2D eigenvalue weighted by Crippen LogP contribution is -2.29. The van der Waals surface area contributed by atoms with E-state index in [1.165, 1.54) is 0 Å². The van der Waals surface area contributed by atoms with Gasteiger partial charge in [0.1, 0.15) is 6.17 Å². The Labute approximate surface area is 68.1 Å². The van der Waals surface area contributed by atoms with Crippen LogP contribution in [0.2, 0.25) is 0 Å². The molecule has 0 amide bonds. The summed E-state index contributed by atoms with van der Waals surface area (Å²) in [7, 11) is 0. The molecular weight excluding hydrogens is 143 g/mol. The minimum atomic E-state index is -0.927. The van der Waals surface area contributed by atoms with Crippen molar-refractivity contribution >= 4 is 0 Å². The molecule has 0 aromatic heterocycles. The molecule has 0 fully saturated rings. The van der Waals surface area contributed by atoms with Gasteiger partial charge in [-0.3, -0.25) is 0 Å². The van der Waals surface area contributed by atoms with E-state index in [9.17, 15) is 4.39 Å². The average Bonchev–Trinajstić information content (AvgIpc) is 1.85. The summed E-state index contributed by atoms with van der Waals surface area (Å²) in [6, 6.07) is -0.0338. The molecular formula is C8H19FN2. The van der Waals surface area contributed by atoms with Crippen LogP contribution in [0, 0.1) is 5.92 Å². The van der Waals surface area contributed by atoms with Crippen LogP contribution in [0.25, 0.3) is 0 Å². The fourth-order valence-electron chi connectivity index (χ4n) is 1.13. The largest absolute Gasteiger partial charge is 0.328 e. The molecule has 68 valence electrons. The predicted molar refractivity (Wildman–Crippen MR) is 46.0 cm³/mol. The number of rotatable bonds is 5. The van der Waals surface area contributed by atoms with E-state index in [2.05, 4.69) is 13.8 Å². The molecule has 0 bridgehead atoms. The van der Waals surface area contributed by atoms with E-state index in [-0.39, 0.29) is 12.6 Å². The molecule has 0 aliphatic carbocycles. The Morgan fingerprint density at radius 3 is 2.18 bits per heavy atom. The Morgan fingerprint density at radius 2 is 1.82 bits per heavy atom. The molecule has 2 atom stereocenters. The average molecular weight is 162 g/mol. The minimum absolute atomic E-state index is 0.0338. The molecule has 4 N–H and O–H groups in total. The zero-order valence-corrected chi connectivity index (χ0v) is 7.39. The monoisotopic (exact) mass is 162 g/mol. The second-order valence-electron chi connectivity index (χ2n) is 3.46. The Kier molecular flexibility index (Phi) is 5.42. The summed E-state index contributed by atoms with van der Waals surface area (Å²) in [5.74, 6) is 0.537. The van der Waals surface area contributed by atoms with Gasteiger partial charge in [0.15, 0.2) is 0 Å². The lowest BCUT2D eigenvalue weighted by Gasteiger charge is -2.15. The van der Waals surface area contributed by atoms with E-state index in [0.29, 0.717) is 12.3 Å². The molecule has 0 unspecified atom stereocenters. The van der Waals surface area contributed by atoms with Gasteiger partial charge in [-0.15, -0.1) is 0 Å². The number of nitrogens with two attached hydrogens (primary N) is 2. The molecule has 0 saturated carbocycles. The maximum absolute atomic E-state index is 12.6. The Balaban J connectivity index is 3.43. The molecule has 0 aliphatic heterocycles. The zero-order chi connectivity index (χ0) is 8.85. The van der Waals surface area contributed by atoms with Gasteiger partial charge in [0.2, 0.25) is 0 Å². The first-order valence-corrected chi connectivity index (χ1v) is 4.16. The van der Waals surface area contributed by atoms with Crippen molar-refractivity contribution in [2.24, 2.45) is 17.4 Å².